The van der Waals surface area contributed by atoms with Crippen molar-refractivity contribution in [2.24, 2.45) is 5.92 Å². The number of rotatable bonds is 4. The SMILES string of the molecule is CC(C)NC(=O)c1cccc2c1NC(c1ccc([N+](=O)[O-])cc1)C1CC=CC21. The van der Waals surface area contributed by atoms with E-state index in [1.165, 1.54) is 0 Å². The lowest BCUT2D eigenvalue weighted by Gasteiger charge is -2.38. The van der Waals surface area contributed by atoms with Crippen LogP contribution in [-0.4, -0.2) is 16.9 Å². The summed E-state index contributed by atoms with van der Waals surface area (Å²) in [6, 6.07) is 12.6. The second-order valence-corrected chi connectivity index (χ2v) is 7.72. The molecule has 4 rings (SSSR count). The quantitative estimate of drug-likeness (QED) is 0.465. The number of fused-ring (bicyclic) bond motifs is 3. The molecule has 0 spiro atoms. The van der Waals surface area contributed by atoms with Crippen molar-refractivity contribution in [1.82, 2.24) is 5.32 Å². The molecule has 1 aliphatic heterocycles. The number of carbonyl (C=O) groups is 1. The van der Waals surface area contributed by atoms with Gasteiger partial charge in [-0.3, -0.25) is 14.9 Å². The highest BCUT2D eigenvalue weighted by molar-refractivity contribution is 6.01. The number of anilines is 1. The minimum atomic E-state index is -0.387. The van der Waals surface area contributed by atoms with Gasteiger partial charge in [-0.1, -0.05) is 36.4 Å². The number of nitrogens with zero attached hydrogens (tertiary/aromatic N) is 1. The van der Waals surface area contributed by atoms with Gasteiger partial charge in [-0.15, -0.1) is 0 Å². The van der Waals surface area contributed by atoms with Crippen LogP contribution in [0.2, 0.25) is 0 Å². The summed E-state index contributed by atoms with van der Waals surface area (Å²) in [5.41, 5.74) is 3.70. The second kappa shape index (κ2) is 7.11. The van der Waals surface area contributed by atoms with Crippen LogP contribution in [0.15, 0.2) is 54.6 Å². The molecule has 2 N–H and O–H groups in total. The first-order valence-electron chi connectivity index (χ1n) is 9.57. The Hall–Kier alpha value is -3.15. The summed E-state index contributed by atoms with van der Waals surface area (Å²) in [6.07, 6.45) is 5.33. The van der Waals surface area contributed by atoms with Crippen LogP contribution in [0.25, 0.3) is 0 Å². The number of carbonyl (C=O) groups excluding carboxylic acids is 1. The third-order valence-electron chi connectivity index (χ3n) is 5.52. The van der Waals surface area contributed by atoms with Crippen molar-refractivity contribution >= 4 is 17.3 Å². The number of amides is 1. The van der Waals surface area contributed by atoms with E-state index in [1.54, 1.807) is 12.1 Å². The number of nitro groups is 1. The van der Waals surface area contributed by atoms with Gasteiger partial charge in [0.1, 0.15) is 0 Å². The van der Waals surface area contributed by atoms with Gasteiger partial charge in [-0.05, 0) is 43.4 Å². The van der Waals surface area contributed by atoms with Crippen LogP contribution in [0, 0.1) is 16.0 Å². The van der Waals surface area contributed by atoms with Crippen LogP contribution in [0.1, 0.15) is 53.7 Å². The van der Waals surface area contributed by atoms with Gasteiger partial charge in [-0.2, -0.15) is 0 Å². The summed E-state index contributed by atoms with van der Waals surface area (Å²) in [4.78, 5) is 23.3. The van der Waals surface area contributed by atoms with Gasteiger partial charge in [0.25, 0.3) is 11.6 Å². The van der Waals surface area contributed by atoms with E-state index in [-0.39, 0.29) is 34.5 Å². The van der Waals surface area contributed by atoms with Gasteiger partial charge >= 0.3 is 0 Å². The number of nitro benzene ring substituents is 1. The minimum absolute atomic E-state index is 0.0127. The number of nitrogens with one attached hydrogen (secondary N) is 2. The van der Waals surface area contributed by atoms with Gasteiger partial charge in [0.15, 0.2) is 0 Å². The van der Waals surface area contributed by atoms with Gasteiger partial charge in [0.05, 0.1) is 22.2 Å². The van der Waals surface area contributed by atoms with Crippen LogP contribution < -0.4 is 10.6 Å². The fourth-order valence-electron chi connectivity index (χ4n) is 4.28. The van der Waals surface area contributed by atoms with E-state index >= 15 is 0 Å². The number of benzene rings is 2. The van der Waals surface area contributed by atoms with E-state index < -0.39 is 0 Å². The molecule has 144 valence electrons. The van der Waals surface area contributed by atoms with E-state index in [1.807, 2.05) is 38.1 Å². The predicted octanol–water partition coefficient (Wildman–Crippen LogP) is 4.56. The number of non-ortho nitro benzene ring substituents is 1. The summed E-state index contributed by atoms with van der Waals surface area (Å²) in [7, 11) is 0. The monoisotopic (exact) mass is 377 g/mol. The van der Waals surface area contributed by atoms with Crippen molar-refractivity contribution in [1.29, 1.82) is 0 Å². The van der Waals surface area contributed by atoms with Crippen molar-refractivity contribution in [2.75, 3.05) is 5.32 Å². The first-order valence-corrected chi connectivity index (χ1v) is 9.57. The van der Waals surface area contributed by atoms with Crippen LogP contribution in [0.4, 0.5) is 11.4 Å². The standard InChI is InChI=1S/C22H23N3O3/c1-13(2)23-22(26)19-8-4-7-18-16-5-3-6-17(16)20(24-21(18)19)14-9-11-15(12-10-14)25(27)28/h3-5,7-13,16-17,20,24H,6H2,1-2H3,(H,23,26). The third-order valence-corrected chi connectivity index (χ3v) is 5.52. The summed E-state index contributed by atoms with van der Waals surface area (Å²) >= 11 is 0. The zero-order valence-electron chi connectivity index (χ0n) is 15.9. The normalized spacial score (nSPS) is 22.3. The summed E-state index contributed by atoms with van der Waals surface area (Å²) in [6.45, 7) is 3.88. The third kappa shape index (κ3) is 3.15. The maximum Gasteiger partial charge on any atom is 0.269 e. The molecular weight excluding hydrogens is 354 g/mol. The summed E-state index contributed by atoms with van der Waals surface area (Å²) < 4.78 is 0. The fourth-order valence-corrected chi connectivity index (χ4v) is 4.28. The zero-order chi connectivity index (χ0) is 19.8. The van der Waals surface area contributed by atoms with Crippen LogP contribution in [0.5, 0.6) is 0 Å². The Labute approximate surface area is 163 Å². The molecule has 3 atom stereocenters. The molecule has 1 amide bonds. The van der Waals surface area contributed by atoms with E-state index in [0.717, 1.165) is 23.2 Å². The van der Waals surface area contributed by atoms with Crippen molar-refractivity contribution in [3.63, 3.8) is 0 Å². The smallest absolute Gasteiger partial charge is 0.269 e. The van der Waals surface area contributed by atoms with E-state index in [2.05, 4.69) is 28.9 Å². The first-order chi connectivity index (χ1) is 13.5. The van der Waals surface area contributed by atoms with Crippen LogP contribution >= 0.6 is 0 Å². The van der Waals surface area contributed by atoms with Crippen molar-refractivity contribution < 1.29 is 9.72 Å². The molecular formula is C22H23N3O3. The molecule has 2 aliphatic rings. The Balaban J connectivity index is 1.74. The van der Waals surface area contributed by atoms with Crippen LogP contribution in [-0.2, 0) is 0 Å². The Morgan fingerprint density at radius 3 is 2.64 bits per heavy atom. The molecule has 0 aromatic heterocycles. The van der Waals surface area contributed by atoms with E-state index in [0.29, 0.717) is 11.5 Å². The number of allylic oxidation sites excluding steroid dienone is 2. The average molecular weight is 377 g/mol. The average Bonchev–Trinajstić information content (AvgIpc) is 3.16. The van der Waals surface area contributed by atoms with Crippen molar-refractivity contribution in [3.8, 4) is 0 Å². The molecule has 3 unspecified atom stereocenters. The largest absolute Gasteiger partial charge is 0.377 e. The van der Waals surface area contributed by atoms with Gasteiger partial charge in [-0.25, -0.2) is 0 Å². The predicted molar refractivity (Wildman–Crippen MR) is 108 cm³/mol. The fraction of sp³-hybridized carbons (Fsp3) is 0.318. The number of hydrogen-bond acceptors (Lipinski definition) is 4. The molecule has 6 heteroatoms. The second-order valence-electron chi connectivity index (χ2n) is 7.72. The Morgan fingerprint density at radius 2 is 1.96 bits per heavy atom. The van der Waals surface area contributed by atoms with Crippen molar-refractivity contribution in [2.45, 2.75) is 38.3 Å². The highest BCUT2D eigenvalue weighted by atomic mass is 16.6. The molecule has 1 heterocycles. The maximum atomic E-state index is 12.7. The molecule has 0 bridgehead atoms. The first kappa shape index (κ1) is 18.2. The number of para-hydroxylation sites is 1. The Morgan fingerprint density at radius 1 is 1.21 bits per heavy atom. The highest BCUT2D eigenvalue weighted by Crippen LogP contribution is 2.50. The topological polar surface area (TPSA) is 84.3 Å². The zero-order valence-corrected chi connectivity index (χ0v) is 15.9. The molecule has 6 nitrogen and oxygen atoms in total. The molecule has 28 heavy (non-hydrogen) atoms. The highest BCUT2D eigenvalue weighted by Gasteiger charge is 2.39. The Bertz CT molecular complexity index is 950. The summed E-state index contributed by atoms with van der Waals surface area (Å²) in [5.74, 6) is 0.447. The molecule has 2 aromatic carbocycles. The molecule has 0 radical (unpaired) electrons. The van der Waals surface area contributed by atoms with E-state index in [9.17, 15) is 14.9 Å². The molecule has 2 aromatic rings. The van der Waals surface area contributed by atoms with Gasteiger partial charge in [0.2, 0.25) is 0 Å². The van der Waals surface area contributed by atoms with Gasteiger partial charge < -0.3 is 10.6 Å². The molecule has 1 aliphatic carbocycles. The lowest BCUT2D eigenvalue weighted by atomic mass is 9.76. The maximum absolute atomic E-state index is 12.7. The van der Waals surface area contributed by atoms with E-state index in [4.69, 9.17) is 0 Å². The lowest BCUT2D eigenvalue weighted by Crippen LogP contribution is -2.34. The molecule has 0 fully saturated rings. The molecule has 0 saturated carbocycles. The lowest BCUT2D eigenvalue weighted by molar-refractivity contribution is -0.384. The van der Waals surface area contributed by atoms with Gasteiger partial charge in [0, 0.05) is 24.1 Å². The molecule has 0 saturated heterocycles. The number of hydrogen-bond donors (Lipinski definition) is 2. The Kier molecular flexibility index (Phi) is 4.63. The minimum Gasteiger partial charge on any atom is -0.377 e. The van der Waals surface area contributed by atoms with Crippen molar-refractivity contribution in [3.05, 3.63) is 81.4 Å². The summed E-state index contributed by atoms with van der Waals surface area (Å²) in [5, 5.41) is 17.5. The van der Waals surface area contributed by atoms with Crippen LogP contribution in [0.3, 0.4) is 0 Å².